The molecule has 0 aromatic heterocycles. The number of nitrogens with one attached hydrogen (secondary N) is 1. The highest BCUT2D eigenvalue weighted by atomic mass is 35.5. The molecule has 20 heavy (non-hydrogen) atoms. The van der Waals surface area contributed by atoms with Crippen LogP contribution in [0.15, 0.2) is 24.3 Å². The van der Waals surface area contributed by atoms with Crippen molar-refractivity contribution in [3.63, 3.8) is 0 Å². The molecule has 0 radical (unpaired) electrons. The van der Waals surface area contributed by atoms with Crippen molar-refractivity contribution in [1.29, 1.82) is 0 Å². The van der Waals surface area contributed by atoms with E-state index in [2.05, 4.69) is 17.4 Å². The topological polar surface area (TPSA) is 55.1 Å². The van der Waals surface area contributed by atoms with Crippen LogP contribution in [-0.4, -0.2) is 18.5 Å². The van der Waals surface area contributed by atoms with Gasteiger partial charge in [-0.3, -0.25) is 4.79 Å². The summed E-state index contributed by atoms with van der Waals surface area (Å²) >= 11 is 0. The average Bonchev–Trinajstić information content (AvgIpc) is 2.48. The summed E-state index contributed by atoms with van der Waals surface area (Å²) in [6.07, 6.45) is 6.61. The number of nitrogens with two attached hydrogens (primary N) is 1. The Morgan fingerprint density at radius 3 is 2.40 bits per heavy atom. The van der Waals surface area contributed by atoms with Crippen LogP contribution in [0.3, 0.4) is 0 Å². The Morgan fingerprint density at radius 2 is 1.85 bits per heavy atom. The van der Waals surface area contributed by atoms with E-state index in [1.807, 2.05) is 19.1 Å². The molecule has 0 spiro atoms. The van der Waals surface area contributed by atoms with E-state index in [9.17, 15) is 4.79 Å². The standard InChI is InChI=1S/C16H24N2O.ClH/c1-12(11-17)18-16(19)15-9-7-14(8-10-15)13-5-3-2-4-6-13;/h7-10,12-13H,2-6,11,17H2,1H3,(H,18,19);1H/t12-;/m0./s1. The van der Waals surface area contributed by atoms with Crippen LogP contribution < -0.4 is 11.1 Å². The van der Waals surface area contributed by atoms with Crippen LogP contribution in [0.25, 0.3) is 0 Å². The first-order chi connectivity index (χ1) is 9.20. The van der Waals surface area contributed by atoms with Crippen molar-refractivity contribution in [3.8, 4) is 0 Å². The fourth-order valence-electron chi connectivity index (χ4n) is 2.71. The van der Waals surface area contributed by atoms with Gasteiger partial charge in [0.2, 0.25) is 0 Å². The molecule has 0 bridgehead atoms. The summed E-state index contributed by atoms with van der Waals surface area (Å²) in [7, 11) is 0. The number of hydrogen-bond acceptors (Lipinski definition) is 2. The van der Waals surface area contributed by atoms with Crippen molar-refractivity contribution in [2.24, 2.45) is 5.73 Å². The molecule has 4 heteroatoms. The van der Waals surface area contributed by atoms with Gasteiger partial charge in [-0.1, -0.05) is 31.4 Å². The van der Waals surface area contributed by atoms with Crippen molar-refractivity contribution in [3.05, 3.63) is 35.4 Å². The molecule has 0 aliphatic heterocycles. The van der Waals surface area contributed by atoms with E-state index in [0.29, 0.717) is 12.5 Å². The van der Waals surface area contributed by atoms with Crippen molar-refractivity contribution < 1.29 is 4.79 Å². The van der Waals surface area contributed by atoms with E-state index >= 15 is 0 Å². The van der Waals surface area contributed by atoms with E-state index in [4.69, 9.17) is 5.73 Å². The summed E-state index contributed by atoms with van der Waals surface area (Å²) in [4.78, 5) is 11.9. The summed E-state index contributed by atoms with van der Waals surface area (Å²) in [5.74, 6) is 0.655. The van der Waals surface area contributed by atoms with Crippen LogP contribution in [0.1, 0.15) is 60.9 Å². The van der Waals surface area contributed by atoms with Crippen molar-refractivity contribution in [2.45, 2.75) is 51.0 Å². The Hall–Kier alpha value is -1.06. The molecule has 3 N–H and O–H groups in total. The van der Waals surface area contributed by atoms with Crippen LogP contribution in [0.2, 0.25) is 0 Å². The lowest BCUT2D eigenvalue weighted by Gasteiger charge is -2.22. The minimum atomic E-state index is -0.0341. The maximum absolute atomic E-state index is 11.9. The Bertz CT molecular complexity index is 413. The Balaban J connectivity index is 0.00000200. The first-order valence-electron chi connectivity index (χ1n) is 7.31. The molecule has 1 aliphatic carbocycles. The fourth-order valence-corrected chi connectivity index (χ4v) is 2.71. The third-order valence-corrected chi connectivity index (χ3v) is 3.98. The van der Waals surface area contributed by atoms with E-state index in [1.54, 1.807) is 0 Å². The lowest BCUT2D eigenvalue weighted by molar-refractivity contribution is 0.0941. The number of amides is 1. The van der Waals surface area contributed by atoms with Crippen LogP contribution in [0.5, 0.6) is 0 Å². The second kappa shape index (κ2) is 8.28. The number of benzene rings is 1. The van der Waals surface area contributed by atoms with E-state index in [0.717, 1.165) is 5.56 Å². The maximum Gasteiger partial charge on any atom is 0.251 e. The lowest BCUT2D eigenvalue weighted by Crippen LogP contribution is -2.37. The van der Waals surface area contributed by atoms with Gasteiger partial charge >= 0.3 is 0 Å². The van der Waals surface area contributed by atoms with Crippen LogP contribution >= 0.6 is 12.4 Å². The van der Waals surface area contributed by atoms with E-state index in [1.165, 1.54) is 37.7 Å². The Kier molecular flexibility index (Phi) is 7.03. The number of hydrogen-bond donors (Lipinski definition) is 2. The fraction of sp³-hybridized carbons (Fsp3) is 0.562. The molecule has 3 nitrogen and oxygen atoms in total. The monoisotopic (exact) mass is 296 g/mol. The predicted octanol–water partition coefficient (Wildman–Crippen LogP) is 3.23. The Labute approximate surface area is 127 Å². The molecular formula is C16H25ClN2O. The molecule has 1 atom stereocenters. The minimum Gasteiger partial charge on any atom is -0.348 e. The highest BCUT2D eigenvalue weighted by Gasteiger charge is 2.16. The zero-order valence-corrected chi connectivity index (χ0v) is 12.9. The Morgan fingerprint density at radius 1 is 1.25 bits per heavy atom. The second-order valence-electron chi connectivity index (χ2n) is 5.57. The molecule has 1 amide bonds. The van der Waals surface area contributed by atoms with Gasteiger partial charge in [0.15, 0.2) is 0 Å². The van der Waals surface area contributed by atoms with Gasteiger partial charge in [0.1, 0.15) is 0 Å². The zero-order chi connectivity index (χ0) is 13.7. The first kappa shape index (κ1) is 17.0. The van der Waals surface area contributed by atoms with Gasteiger partial charge < -0.3 is 11.1 Å². The number of rotatable bonds is 4. The number of carbonyl (C=O) groups excluding carboxylic acids is 1. The van der Waals surface area contributed by atoms with E-state index < -0.39 is 0 Å². The van der Waals surface area contributed by atoms with Crippen LogP contribution in [0.4, 0.5) is 0 Å². The normalized spacial score (nSPS) is 17.1. The highest BCUT2D eigenvalue weighted by molar-refractivity contribution is 5.94. The van der Waals surface area contributed by atoms with Crippen molar-refractivity contribution in [1.82, 2.24) is 5.32 Å². The summed E-state index contributed by atoms with van der Waals surface area (Å²) in [6, 6.07) is 8.10. The van der Waals surface area contributed by atoms with Gasteiger partial charge in [-0.2, -0.15) is 0 Å². The molecule has 2 rings (SSSR count). The highest BCUT2D eigenvalue weighted by Crippen LogP contribution is 2.32. The smallest absolute Gasteiger partial charge is 0.251 e. The molecule has 1 saturated carbocycles. The van der Waals surface area contributed by atoms with Gasteiger partial charge in [0, 0.05) is 18.2 Å². The van der Waals surface area contributed by atoms with Gasteiger partial charge in [0.05, 0.1) is 0 Å². The van der Waals surface area contributed by atoms with Gasteiger partial charge in [-0.05, 0) is 43.4 Å². The largest absolute Gasteiger partial charge is 0.348 e. The SMILES string of the molecule is C[C@@H](CN)NC(=O)c1ccc(C2CCCCC2)cc1.Cl. The summed E-state index contributed by atoms with van der Waals surface area (Å²) in [5, 5.41) is 2.88. The van der Waals surface area contributed by atoms with Crippen LogP contribution in [0, 0.1) is 0 Å². The van der Waals surface area contributed by atoms with E-state index in [-0.39, 0.29) is 24.4 Å². The van der Waals surface area contributed by atoms with Gasteiger partial charge in [-0.15, -0.1) is 12.4 Å². The number of halogens is 1. The summed E-state index contributed by atoms with van der Waals surface area (Å²) in [6.45, 7) is 2.38. The molecule has 1 aliphatic rings. The van der Waals surface area contributed by atoms with Crippen LogP contribution in [-0.2, 0) is 0 Å². The van der Waals surface area contributed by atoms with Gasteiger partial charge in [0.25, 0.3) is 5.91 Å². The third kappa shape index (κ3) is 4.50. The zero-order valence-electron chi connectivity index (χ0n) is 12.1. The predicted molar refractivity (Wildman–Crippen MR) is 85.5 cm³/mol. The molecule has 0 heterocycles. The summed E-state index contributed by atoms with van der Waals surface area (Å²) < 4.78 is 0. The molecule has 112 valence electrons. The molecule has 1 aromatic carbocycles. The minimum absolute atomic E-state index is 0. The van der Waals surface area contributed by atoms with Crippen molar-refractivity contribution in [2.75, 3.05) is 6.54 Å². The molecule has 0 saturated heterocycles. The number of carbonyl (C=O) groups is 1. The van der Waals surface area contributed by atoms with Crippen molar-refractivity contribution >= 4 is 18.3 Å². The molecular weight excluding hydrogens is 272 g/mol. The summed E-state index contributed by atoms with van der Waals surface area (Å²) in [5.41, 5.74) is 7.61. The van der Waals surface area contributed by atoms with Gasteiger partial charge in [-0.25, -0.2) is 0 Å². The average molecular weight is 297 g/mol. The lowest BCUT2D eigenvalue weighted by atomic mass is 9.84. The molecule has 1 aromatic rings. The molecule has 0 unspecified atom stereocenters. The third-order valence-electron chi connectivity index (χ3n) is 3.98. The molecule has 1 fully saturated rings. The first-order valence-corrected chi connectivity index (χ1v) is 7.31. The quantitative estimate of drug-likeness (QED) is 0.896. The second-order valence-corrected chi connectivity index (χ2v) is 5.57. The maximum atomic E-state index is 11.9.